The molecule has 3 N–H and O–H groups in total. The van der Waals surface area contributed by atoms with Crippen LogP contribution in [-0.2, 0) is 6.18 Å². The minimum atomic E-state index is -4.42. The first kappa shape index (κ1) is 14.0. The lowest BCUT2D eigenvalue weighted by Crippen LogP contribution is -2.37. The molecule has 0 radical (unpaired) electrons. The summed E-state index contributed by atoms with van der Waals surface area (Å²) in [5, 5.41) is 9.16. The maximum atomic E-state index is 13.0. The summed E-state index contributed by atoms with van der Waals surface area (Å²) in [6.45, 7) is 1.03. The highest BCUT2D eigenvalue weighted by Crippen LogP contribution is 2.39. The number of piperidine rings is 1. The Bertz CT molecular complexity index is 448. The fourth-order valence-electron chi connectivity index (χ4n) is 2.49. The van der Waals surface area contributed by atoms with Gasteiger partial charge in [0.2, 0.25) is 0 Å². The van der Waals surface area contributed by atoms with E-state index in [1.54, 1.807) is 4.90 Å². The number of hydrogen-bond donors (Lipinski definition) is 2. The molecule has 19 heavy (non-hydrogen) atoms. The summed E-state index contributed by atoms with van der Waals surface area (Å²) >= 11 is 0. The molecule has 0 amide bonds. The van der Waals surface area contributed by atoms with Crippen molar-refractivity contribution in [2.75, 3.05) is 30.3 Å². The molecule has 1 saturated heterocycles. The van der Waals surface area contributed by atoms with E-state index in [1.165, 1.54) is 12.1 Å². The minimum Gasteiger partial charge on any atom is -0.399 e. The second-order valence-electron chi connectivity index (χ2n) is 4.91. The van der Waals surface area contributed by atoms with E-state index in [0.29, 0.717) is 13.1 Å². The predicted molar refractivity (Wildman–Crippen MR) is 67.9 cm³/mol. The molecule has 3 nitrogen and oxygen atoms in total. The molecule has 1 heterocycles. The zero-order valence-corrected chi connectivity index (χ0v) is 10.5. The fraction of sp³-hybridized carbons (Fsp3) is 0.538. The van der Waals surface area contributed by atoms with Crippen LogP contribution in [0.3, 0.4) is 0 Å². The Morgan fingerprint density at radius 2 is 2.11 bits per heavy atom. The molecule has 0 bridgehead atoms. The zero-order chi connectivity index (χ0) is 14.0. The predicted octanol–water partition coefficient (Wildman–Crippen LogP) is 2.50. The lowest BCUT2D eigenvalue weighted by Gasteiger charge is -2.35. The van der Waals surface area contributed by atoms with Crippen LogP contribution in [0, 0.1) is 5.92 Å². The highest BCUT2D eigenvalue weighted by Gasteiger charge is 2.36. The molecule has 1 unspecified atom stereocenters. The Labute approximate surface area is 109 Å². The van der Waals surface area contributed by atoms with Gasteiger partial charge in [0.15, 0.2) is 0 Å². The fourth-order valence-corrected chi connectivity index (χ4v) is 2.49. The van der Waals surface area contributed by atoms with E-state index in [2.05, 4.69) is 0 Å². The van der Waals surface area contributed by atoms with Crippen LogP contribution in [0.1, 0.15) is 18.4 Å². The number of nitrogens with zero attached hydrogens (tertiary/aromatic N) is 1. The van der Waals surface area contributed by atoms with E-state index in [4.69, 9.17) is 10.8 Å². The maximum absolute atomic E-state index is 13.0. The van der Waals surface area contributed by atoms with Crippen LogP contribution >= 0.6 is 0 Å². The molecule has 6 heteroatoms. The first-order valence-electron chi connectivity index (χ1n) is 6.24. The number of hydrogen-bond acceptors (Lipinski definition) is 3. The molecule has 1 fully saturated rings. The minimum absolute atomic E-state index is 0.00677. The molecule has 0 saturated carbocycles. The summed E-state index contributed by atoms with van der Waals surface area (Å²) in [4.78, 5) is 1.69. The summed E-state index contributed by atoms with van der Waals surface area (Å²) < 4.78 is 39.1. The van der Waals surface area contributed by atoms with E-state index in [9.17, 15) is 13.2 Å². The Morgan fingerprint density at radius 1 is 1.37 bits per heavy atom. The van der Waals surface area contributed by atoms with Crippen molar-refractivity contribution < 1.29 is 18.3 Å². The number of nitrogens with two attached hydrogens (primary N) is 1. The number of alkyl halides is 3. The number of aliphatic hydroxyl groups is 1. The second-order valence-corrected chi connectivity index (χ2v) is 4.91. The van der Waals surface area contributed by atoms with Gasteiger partial charge >= 0.3 is 6.18 Å². The molecular weight excluding hydrogens is 257 g/mol. The van der Waals surface area contributed by atoms with Crippen molar-refractivity contribution >= 4 is 11.4 Å². The van der Waals surface area contributed by atoms with Crippen LogP contribution in [-0.4, -0.2) is 24.8 Å². The average molecular weight is 274 g/mol. The number of anilines is 2. The van der Waals surface area contributed by atoms with Crippen molar-refractivity contribution in [1.82, 2.24) is 0 Å². The summed E-state index contributed by atoms with van der Waals surface area (Å²) in [5.74, 6) is 0.0346. The van der Waals surface area contributed by atoms with Crippen LogP contribution in [0.25, 0.3) is 0 Å². The van der Waals surface area contributed by atoms with Gasteiger partial charge in [0.25, 0.3) is 0 Å². The molecule has 1 aliphatic heterocycles. The van der Waals surface area contributed by atoms with Crippen molar-refractivity contribution in [3.05, 3.63) is 23.8 Å². The van der Waals surface area contributed by atoms with E-state index in [0.717, 1.165) is 18.9 Å². The summed E-state index contributed by atoms with van der Waals surface area (Å²) in [6.07, 6.45) is -2.78. The highest BCUT2D eigenvalue weighted by atomic mass is 19.4. The summed E-state index contributed by atoms with van der Waals surface area (Å²) in [5.41, 5.74) is 5.00. The number of benzene rings is 1. The molecule has 1 aromatic rings. The van der Waals surface area contributed by atoms with Crippen LogP contribution in [0.2, 0.25) is 0 Å². The van der Waals surface area contributed by atoms with Crippen LogP contribution in [0.15, 0.2) is 18.2 Å². The average Bonchev–Trinajstić information content (AvgIpc) is 2.37. The summed E-state index contributed by atoms with van der Waals surface area (Å²) in [7, 11) is 0. The SMILES string of the molecule is Nc1ccc(N2CCCC(CO)C2)c(C(F)(F)F)c1. The van der Waals surface area contributed by atoms with Crippen LogP contribution in [0.5, 0.6) is 0 Å². The van der Waals surface area contributed by atoms with Gasteiger partial charge in [-0.05, 0) is 37.0 Å². The third-order valence-electron chi connectivity index (χ3n) is 3.44. The molecule has 0 aromatic heterocycles. The standard InChI is InChI=1S/C13H17F3N2O/c14-13(15,16)11-6-10(17)3-4-12(11)18-5-1-2-9(7-18)8-19/h3-4,6,9,19H,1-2,5,7-8,17H2. The normalized spacial score (nSPS) is 20.6. The Kier molecular flexibility index (Phi) is 3.89. The van der Waals surface area contributed by atoms with Crippen molar-refractivity contribution in [1.29, 1.82) is 0 Å². The number of halogens is 3. The molecule has 1 atom stereocenters. The number of rotatable bonds is 2. The third-order valence-corrected chi connectivity index (χ3v) is 3.44. The molecule has 0 spiro atoms. The Balaban J connectivity index is 2.33. The maximum Gasteiger partial charge on any atom is 0.418 e. The monoisotopic (exact) mass is 274 g/mol. The van der Waals surface area contributed by atoms with Crippen molar-refractivity contribution in [2.45, 2.75) is 19.0 Å². The zero-order valence-electron chi connectivity index (χ0n) is 10.5. The smallest absolute Gasteiger partial charge is 0.399 e. The topological polar surface area (TPSA) is 49.5 Å². The van der Waals surface area contributed by atoms with E-state index in [-0.39, 0.29) is 23.9 Å². The van der Waals surface area contributed by atoms with E-state index >= 15 is 0 Å². The lowest BCUT2D eigenvalue weighted by atomic mass is 9.97. The second kappa shape index (κ2) is 5.28. The largest absolute Gasteiger partial charge is 0.418 e. The van der Waals surface area contributed by atoms with Crippen molar-refractivity contribution in [3.8, 4) is 0 Å². The van der Waals surface area contributed by atoms with Gasteiger partial charge in [-0.25, -0.2) is 0 Å². The Morgan fingerprint density at radius 3 is 2.74 bits per heavy atom. The van der Waals surface area contributed by atoms with E-state index in [1.807, 2.05) is 0 Å². The van der Waals surface area contributed by atoms with Gasteiger partial charge in [-0.1, -0.05) is 0 Å². The number of aliphatic hydroxyl groups excluding tert-OH is 1. The molecular formula is C13H17F3N2O. The van der Waals surface area contributed by atoms with Gasteiger partial charge in [-0.3, -0.25) is 0 Å². The van der Waals surface area contributed by atoms with E-state index < -0.39 is 11.7 Å². The molecule has 0 aliphatic carbocycles. The van der Waals surface area contributed by atoms with Gasteiger partial charge in [-0.15, -0.1) is 0 Å². The third kappa shape index (κ3) is 3.12. The molecule has 106 valence electrons. The molecule has 2 rings (SSSR count). The summed E-state index contributed by atoms with van der Waals surface area (Å²) in [6, 6.07) is 3.86. The van der Waals surface area contributed by atoms with Gasteiger partial charge in [0.1, 0.15) is 0 Å². The first-order valence-corrected chi connectivity index (χ1v) is 6.24. The van der Waals surface area contributed by atoms with Gasteiger partial charge < -0.3 is 15.7 Å². The Hall–Kier alpha value is -1.43. The molecule has 1 aromatic carbocycles. The highest BCUT2D eigenvalue weighted by molar-refractivity contribution is 5.61. The van der Waals surface area contributed by atoms with Gasteiger partial charge in [0, 0.05) is 31.1 Å². The van der Waals surface area contributed by atoms with Gasteiger partial charge in [0.05, 0.1) is 5.56 Å². The van der Waals surface area contributed by atoms with Crippen LogP contribution < -0.4 is 10.6 Å². The van der Waals surface area contributed by atoms with Crippen molar-refractivity contribution in [2.24, 2.45) is 5.92 Å². The van der Waals surface area contributed by atoms with Crippen molar-refractivity contribution in [3.63, 3.8) is 0 Å². The molecule has 1 aliphatic rings. The quantitative estimate of drug-likeness (QED) is 0.815. The van der Waals surface area contributed by atoms with Gasteiger partial charge in [-0.2, -0.15) is 13.2 Å². The number of nitrogen functional groups attached to an aromatic ring is 1. The first-order chi connectivity index (χ1) is 8.91. The van der Waals surface area contributed by atoms with Crippen LogP contribution in [0.4, 0.5) is 24.5 Å². The lowest BCUT2D eigenvalue weighted by molar-refractivity contribution is -0.137.